The molecule has 8 heteroatoms. The first kappa shape index (κ1) is 19.6. The van der Waals surface area contributed by atoms with Gasteiger partial charge in [0.1, 0.15) is 0 Å². The lowest BCUT2D eigenvalue weighted by molar-refractivity contribution is 0.123. The van der Waals surface area contributed by atoms with Crippen molar-refractivity contribution >= 4 is 28.5 Å². The van der Waals surface area contributed by atoms with Crippen LogP contribution in [0.15, 0.2) is 72.1 Å². The molecule has 33 heavy (non-hydrogen) atoms. The third-order valence-electron chi connectivity index (χ3n) is 5.82. The minimum atomic E-state index is 0.478. The first-order valence-corrected chi connectivity index (χ1v) is 11.0. The maximum absolute atomic E-state index is 5.56. The van der Waals surface area contributed by atoms with Gasteiger partial charge in [-0.2, -0.15) is 5.10 Å². The summed E-state index contributed by atoms with van der Waals surface area (Å²) in [6.45, 7) is 3.55. The van der Waals surface area contributed by atoms with Crippen molar-refractivity contribution in [1.82, 2.24) is 24.6 Å². The van der Waals surface area contributed by atoms with Crippen LogP contribution in [0.5, 0.6) is 0 Å². The number of ether oxygens (including phenoxy) is 1. The maximum Gasteiger partial charge on any atom is 0.177 e. The summed E-state index contributed by atoms with van der Waals surface area (Å²) in [6, 6.07) is 16.3. The Bertz CT molecular complexity index is 1400. The van der Waals surface area contributed by atoms with Gasteiger partial charge in [-0.05, 0) is 30.3 Å². The van der Waals surface area contributed by atoms with E-state index >= 15 is 0 Å². The summed E-state index contributed by atoms with van der Waals surface area (Å²) in [4.78, 5) is 19.4. The first-order chi connectivity index (χ1) is 16.3. The number of morpholine rings is 1. The summed E-state index contributed by atoms with van der Waals surface area (Å²) < 4.78 is 7.43. The Morgan fingerprint density at radius 1 is 1.06 bits per heavy atom. The molecule has 164 valence electrons. The molecule has 5 heterocycles. The quantitative estimate of drug-likeness (QED) is 0.424. The van der Waals surface area contributed by atoms with Gasteiger partial charge in [-0.1, -0.05) is 18.2 Å². The second kappa shape index (κ2) is 8.48. The van der Waals surface area contributed by atoms with Crippen molar-refractivity contribution < 1.29 is 4.74 Å². The van der Waals surface area contributed by atoms with Gasteiger partial charge in [0.25, 0.3) is 0 Å². The van der Waals surface area contributed by atoms with Gasteiger partial charge < -0.3 is 14.6 Å². The molecule has 4 aromatic heterocycles. The molecule has 0 unspecified atom stereocenters. The lowest BCUT2D eigenvalue weighted by Crippen LogP contribution is -2.36. The molecule has 0 spiro atoms. The van der Waals surface area contributed by atoms with Gasteiger partial charge in [-0.3, -0.25) is 9.98 Å². The minimum absolute atomic E-state index is 0.478. The van der Waals surface area contributed by atoms with Crippen LogP contribution in [0.25, 0.3) is 27.8 Å². The number of para-hydroxylation sites is 1. The number of nitrogens with zero attached hydrogens (tertiary/aromatic N) is 6. The van der Waals surface area contributed by atoms with Gasteiger partial charge in [0, 0.05) is 48.2 Å². The summed E-state index contributed by atoms with van der Waals surface area (Å²) in [5.41, 5.74) is 6.76. The number of pyridine rings is 1. The predicted octanol–water partition coefficient (Wildman–Crippen LogP) is 3.73. The highest BCUT2D eigenvalue weighted by molar-refractivity contribution is 5.89. The van der Waals surface area contributed by atoms with Crippen LogP contribution in [0.1, 0.15) is 11.4 Å². The standard InChI is InChI=1S/C25H23N7O/c1-2-4-22-19(3-1)13-20(28-22)15-27-16-21-14-24(31-9-11-33-12-10-31)25-29-23(17-32(25)30-21)18-5-7-26-8-6-18/h1-8,13-15,17,28H,9-12,16H2. The Morgan fingerprint density at radius 3 is 2.76 bits per heavy atom. The Hall–Kier alpha value is -4.04. The monoisotopic (exact) mass is 437 g/mol. The van der Waals surface area contributed by atoms with E-state index in [0.29, 0.717) is 19.8 Å². The highest BCUT2D eigenvalue weighted by Gasteiger charge is 2.18. The average Bonchev–Trinajstić information content (AvgIpc) is 3.48. The summed E-state index contributed by atoms with van der Waals surface area (Å²) in [5, 5.41) is 5.98. The molecule has 6 rings (SSSR count). The van der Waals surface area contributed by atoms with E-state index in [2.05, 4.69) is 44.1 Å². The highest BCUT2D eigenvalue weighted by atomic mass is 16.5. The smallest absolute Gasteiger partial charge is 0.177 e. The fourth-order valence-electron chi connectivity index (χ4n) is 4.19. The van der Waals surface area contributed by atoms with Gasteiger partial charge in [0.2, 0.25) is 0 Å². The third kappa shape index (κ3) is 3.96. The molecular formula is C25H23N7O. The van der Waals surface area contributed by atoms with E-state index in [-0.39, 0.29) is 0 Å². The maximum atomic E-state index is 5.56. The van der Waals surface area contributed by atoms with Crippen LogP contribution < -0.4 is 4.90 Å². The van der Waals surface area contributed by atoms with Crippen molar-refractivity contribution in [1.29, 1.82) is 0 Å². The largest absolute Gasteiger partial charge is 0.378 e. The SMILES string of the molecule is C(=NCc1cc(N2CCOCC2)c2nc(-c3ccncc3)cn2n1)c1cc2ccccc2[nH]1. The molecule has 1 saturated heterocycles. The van der Waals surface area contributed by atoms with Crippen LogP contribution in [-0.2, 0) is 11.3 Å². The number of benzene rings is 1. The van der Waals surface area contributed by atoms with Crippen LogP contribution in [0, 0.1) is 0 Å². The molecule has 0 atom stereocenters. The lowest BCUT2D eigenvalue weighted by atomic mass is 10.2. The summed E-state index contributed by atoms with van der Waals surface area (Å²) in [6.07, 6.45) is 7.40. The topological polar surface area (TPSA) is 83.7 Å². The first-order valence-electron chi connectivity index (χ1n) is 11.0. The number of fused-ring (bicyclic) bond motifs is 2. The number of H-pyrrole nitrogens is 1. The molecule has 1 aliphatic heterocycles. The summed E-state index contributed by atoms with van der Waals surface area (Å²) in [7, 11) is 0. The number of imidazole rings is 1. The van der Waals surface area contributed by atoms with Crippen molar-refractivity contribution in [3.05, 3.63) is 78.5 Å². The Kier molecular flexibility index (Phi) is 5.04. The molecule has 5 aromatic rings. The number of rotatable bonds is 5. The zero-order chi connectivity index (χ0) is 22.0. The van der Waals surface area contributed by atoms with E-state index in [1.807, 2.05) is 41.2 Å². The lowest BCUT2D eigenvalue weighted by Gasteiger charge is -2.29. The Morgan fingerprint density at radius 2 is 1.91 bits per heavy atom. The van der Waals surface area contributed by atoms with Gasteiger partial charge in [-0.25, -0.2) is 9.50 Å². The molecule has 1 fully saturated rings. The number of nitrogens with one attached hydrogen (secondary N) is 1. The Labute approximate surface area is 190 Å². The van der Waals surface area contributed by atoms with Crippen molar-refractivity contribution in [3.63, 3.8) is 0 Å². The van der Waals surface area contributed by atoms with E-state index in [4.69, 9.17) is 14.8 Å². The second-order valence-corrected chi connectivity index (χ2v) is 8.03. The van der Waals surface area contributed by atoms with Crippen molar-refractivity contribution in [3.8, 4) is 11.3 Å². The van der Waals surface area contributed by atoms with Crippen LogP contribution in [-0.4, -0.2) is 57.1 Å². The van der Waals surface area contributed by atoms with E-state index in [9.17, 15) is 0 Å². The van der Waals surface area contributed by atoms with Gasteiger partial charge in [0.05, 0.1) is 48.7 Å². The predicted molar refractivity (Wildman–Crippen MR) is 129 cm³/mol. The van der Waals surface area contributed by atoms with Gasteiger partial charge in [-0.15, -0.1) is 0 Å². The molecule has 1 aliphatic rings. The van der Waals surface area contributed by atoms with Crippen molar-refractivity contribution in [2.75, 3.05) is 31.2 Å². The van der Waals surface area contributed by atoms with Crippen LogP contribution in [0.4, 0.5) is 5.69 Å². The number of aromatic amines is 1. The average molecular weight is 438 g/mol. The molecule has 1 N–H and O–H groups in total. The summed E-state index contributed by atoms with van der Waals surface area (Å²) >= 11 is 0. The van der Waals surface area contributed by atoms with Crippen LogP contribution in [0.2, 0.25) is 0 Å². The molecule has 0 amide bonds. The fourth-order valence-corrected chi connectivity index (χ4v) is 4.19. The van der Waals surface area contributed by atoms with Crippen LogP contribution in [0.3, 0.4) is 0 Å². The third-order valence-corrected chi connectivity index (χ3v) is 5.82. The number of aliphatic imine (C=N–C) groups is 1. The van der Waals surface area contributed by atoms with Crippen molar-refractivity contribution in [2.24, 2.45) is 4.99 Å². The van der Waals surface area contributed by atoms with Crippen molar-refractivity contribution in [2.45, 2.75) is 6.54 Å². The van der Waals surface area contributed by atoms with E-state index in [1.165, 1.54) is 5.39 Å². The Balaban J connectivity index is 1.34. The number of aromatic nitrogens is 5. The number of hydrogen-bond acceptors (Lipinski definition) is 6. The van der Waals surface area contributed by atoms with E-state index < -0.39 is 0 Å². The highest BCUT2D eigenvalue weighted by Crippen LogP contribution is 2.26. The van der Waals surface area contributed by atoms with E-state index in [0.717, 1.165) is 52.6 Å². The molecule has 0 saturated carbocycles. The minimum Gasteiger partial charge on any atom is -0.378 e. The molecule has 8 nitrogen and oxygen atoms in total. The molecule has 1 aromatic carbocycles. The normalized spacial score (nSPS) is 14.6. The fraction of sp³-hybridized carbons (Fsp3) is 0.200. The van der Waals surface area contributed by atoms with E-state index in [1.54, 1.807) is 12.4 Å². The molecule has 0 aliphatic carbocycles. The number of anilines is 1. The summed E-state index contributed by atoms with van der Waals surface area (Å²) in [5.74, 6) is 0. The molecule has 0 radical (unpaired) electrons. The van der Waals surface area contributed by atoms with Crippen LogP contribution >= 0.6 is 0 Å². The second-order valence-electron chi connectivity index (χ2n) is 8.03. The zero-order valence-electron chi connectivity index (χ0n) is 18.1. The number of hydrogen-bond donors (Lipinski definition) is 1. The van der Waals surface area contributed by atoms with Gasteiger partial charge in [0.15, 0.2) is 5.65 Å². The van der Waals surface area contributed by atoms with Gasteiger partial charge >= 0.3 is 0 Å². The molecule has 0 bridgehead atoms. The molecular weight excluding hydrogens is 414 g/mol. The zero-order valence-corrected chi connectivity index (χ0v) is 18.1.